The van der Waals surface area contributed by atoms with Crippen molar-refractivity contribution in [2.45, 2.75) is 12.8 Å². The van der Waals surface area contributed by atoms with E-state index in [9.17, 15) is 4.79 Å². The fraction of sp³-hybridized carbons (Fsp3) is 0.333. The number of amides is 1. The van der Waals surface area contributed by atoms with Gasteiger partial charge in [0.05, 0.1) is 12.8 Å². The third kappa shape index (κ3) is 3.10. The molecule has 0 saturated carbocycles. The number of aromatic nitrogens is 4. The summed E-state index contributed by atoms with van der Waals surface area (Å²) in [5, 5.41) is 7.50. The summed E-state index contributed by atoms with van der Waals surface area (Å²) in [7, 11) is 1.67. The number of benzene rings is 1. The number of hydrogen-bond donors (Lipinski definition) is 1. The van der Waals surface area contributed by atoms with E-state index in [1.165, 1.54) is 5.56 Å². The van der Waals surface area contributed by atoms with Gasteiger partial charge in [-0.25, -0.2) is 9.97 Å². The Bertz CT molecular complexity index is 1040. The predicted molar refractivity (Wildman–Crippen MR) is 108 cm³/mol. The topological polar surface area (TPSA) is 87.2 Å². The molecule has 8 heteroatoms. The van der Waals surface area contributed by atoms with Crippen molar-refractivity contribution in [1.29, 1.82) is 0 Å². The fourth-order valence-corrected chi connectivity index (χ4v) is 4.13. The van der Waals surface area contributed by atoms with E-state index in [2.05, 4.69) is 31.1 Å². The number of carbonyl (C=O) groups is 1. The maximum Gasteiger partial charge on any atom is 0.272 e. The second-order valence-corrected chi connectivity index (χ2v) is 7.28. The Kier molecular flexibility index (Phi) is 4.38. The average molecular weight is 390 g/mol. The zero-order chi connectivity index (χ0) is 19.8. The number of nitrogens with one attached hydrogen (secondary N) is 1. The normalized spacial score (nSPS) is 15.6. The molecule has 3 heterocycles. The van der Waals surface area contributed by atoms with Gasteiger partial charge >= 0.3 is 0 Å². The molecule has 0 unspecified atom stereocenters. The average Bonchev–Trinajstić information content (AvgIpc) is 3.23. The lowest BCUT2D eigenvalue weighted by Crippen LogP contribution is -2.49. The Balaban J connectivity index is 1.34. The molecule has 1 aliphatic carbocycles. The first kappa shape index (κ1) is 17.7. The molecule has 0 atom stereocenters. The number of fused-ring (bicyclic) bond motifs is 3. The number of carbonyl (C=O) groups excluding carboxylic acids is 1. The Morgan fingerprint density at radius 2 is 1.90 bits per heavy atom. The van der Waals surface area contributed by atoms with Gasteiger partial charge in [-0.2, -0.15) is 5.10 Å². The van der Waals surface area contributed by atoms with Crippen LogP contribution in [-0.4, -0.2) is 64.3 Å². The maximum atomic E-state index is 13.2. The standard InChI is InChI=1S/C21H22N6O2/c1-29-15-4-6-16-14(13-15)3-5-17-18(16)24-25-19(17)20(28)26-9-11-27(12-10-26)21-22-7-2-8-23-21/h2,4,6-8,13H,3,5,9-12H2,1H3,(H,24,25). The summed E-state index contributed by atoms with van der Waals surface area (Å²) < 4.78 is 5.33. The molecule has 1 aliphatic heterocycles. The molecule has 1 amide bonds. The van der Waals surface area contributed by atoms with Crippen LogP contribution in [0.4, 0.5) is 5.95 Å². The van der Waals surface area contributed by atoms with Crippen LogP contribution in [0.1, 0.15) is 21.6 Å². The van der Waals surface area contributed by atoms with Gasteiger partial charge in [0.1, 0.15) is 11.4 Å². The van der Waals surface area contributed by atoms with E-state index < -0.39 is 0 Å². The number of piperazine rings is 1. The van der Waals surface area contributed by atoms with Crippen molar-refractivity contribution in [3.63, 3.8) is 0 Å². The van der Waals surface area contributed by atoms with Gasteiger partial charge in [-0.1, -0.05) is 0 Å². The van der Waals surface area contributed by atoms with E-state index in [4.69, 9.17) is 4.74 Å². The second-order valence-electron chi connectivity index (χ2n) is 7.28. The summed E-state index contributed by atoms with van der Waals surface area (Å²) in [5.74, 6) is 1.58. The monoisotopic (exact) mass is 390 g/mol. The van der Waals surface area contributed by atoms with E-state index >= 15 is 0 Å². The number of ether oxygens (including phenoxy) is 1. The molecule has 1 fully saturated rings. The summed E-state index contributed by atoms with van der Waals surface area (Å²) in [6.07, 6.45) is 5.15. The Hall–Kier alpha value is -3.42. The van der Waals surface area contributed by atoms with Crippen molar-refractivity contribution in [1.82, 2.24) is 25.1 Å². The quantitative estimate of drug-likeness (QED) is 0.735. The highest BCUT2D eigenvalue weighted by atomic mass is 16.5. The zero-order valence-electron chi connectivity index (χ0n) is 16.3. The third-order valence-corrected chi connectivity index (χ3v) is 5.69. The molecule has 2 aromatic heterocycles. The molecular formula is C21H22N6O2. The van der Waals surface area contributed by atoms with E-state index in [1.54, 1.807) is 25.6 Å². The van der Waals surface area contributed by atoms with Crippen molar-refractivity contribution in [3.05, 3.63) is 53.5 Å². The Morgan fingerprint density at radius 1 is 1.10 bits per heavy atom. The number of anilines is 1. The number of H-pyrrole nitrogens is 1. The van der Waals surface area contributed by atoms with Crippen LogP contribution in [0.2, 0.25) is 0 Å². The fourth-order valence-electron chi connectivity index (χ4n) is 4.13. The molecule has 29 heavy (non-hydrogen) atoms. The van der Waals surface area contributed by atoms with Crippen LogP contribution >= 0.6 is 0 Å². The number of aromatic amines is 1. The highest BCUT2D eigenvalue weighted by molar-refractivity contribution is 5.96. The van der Waals surface area contributed by atoms with Gasteiger partial charge in [-0.05, 0) is 42.7 Å². The van der Waals surface area contributed by atoms with E-state index in [0.717, 1.165) is 35.4 Å². The molecule has 2 aliphatic rings. The first-order valence-corrected chi connectivity index (χ1v) is 9.80. The van der Waals surface area contributed by atoms with Crippen LogP contribution in [0.5, 0.6) is 5.75 Å². The zero-order valence-corrected chi connectivity index (χ0v) is 16.3. The van der Waals surface area contributed by atoms with Gasteiger partial charge in [-0.15, -0.1) is 0 Å². The van der Waals surface area contributed by atoms with E-state index in [-0.39, 0.29) is 5.91 Å². The van der Waals surface area contributed by atoms with Crippen molar-refractivity contribution in [3.8, 4) is 17.0 Å². The van der Waals surface area contributed by atoms with Gasteiger partial charge in [0, 0.05) is 49.7 Å². The lowest BCUT2D eigenvalue weighted by atomic mass is 9.88. The van der Waals surface area contributed by atoms with Gasteiger partial charge in [0.15, 0.2) is 0 Å². The van der Waals surface area contributed by atoms with Crippen LogP contribution in [-0.2, 0) is 12.8 Å². The Morgan fingerprint density at radius 3 is 2.66 bits per heavy atom. The molecule has 1 aromatic carbocycles. The lowest BCUT2D eigenvalue weighted by molar-refractivity contribution is 0.0739. The molecule has 3 aromatic rings. The van der Waals surface area contributed by atoms with Crippen molar-refractivity contribution >= 4 is 11.9 Å². The van der Waals surface area contributed by atoms with Gasteiger partial charge in [0.25, 0.3) is 5.91 Å². The summed E-state index contributed by atoms with van der Waals surface area (Å²) >= 11 is 0. The minimum absolute atomic E-state index is 0.0179. The van der Waals surface area contributed by atoms with Gasteiger partial charge in [-0.3, -0.25) is 9.89 Å². The van der Waals surface area contributed by atoms with Gasteiger partial charge in [0.2, 0.25) is 5.95 Å². The number of methoxy groups -OCH3 is 1. The first-order valence-electron chi connectivity index (χ1n) is 9.80. The summed E-state index contributed by atoms with van der Waals surface area (Å²) in [5.41, 5.74) is 4.80. The van der Waals surface area contributed by atoms with Crippen molar-refractivity contribution in [2.75, 3.05) is 38.2 Å². The molecular weight excluding hydrogens is 368 g/mol. The van der Waals surface area contributed by atoms with Crippen molar-refractivity contribution < 1.29 is 9.53 Å². The predicted octanol–water partition coefficient (Wildman–Crippen LogP) is 1.94. The lowest BCUT2D eigenvalue weighted by Gasteiger charge is -2.34. The molecule has 8 nitrogen and oxygen atoms in total. The highest BCUT2D eigenvalue weighted by Gasteiger charge is 2.30. The molecule has 5 rings (SSSR count). The minimum atomic E-state index is 0.0179. The number of aryl methyl sites for hydroxylation is 1. The smallest absolute Gasteiger partial charge is 0.272 e. The van der Waals surface area contributed by atoms with E-state index in [1.807, 2.05) is 17.0 Å². The highest BCUT2D eigenvalue weighted by Crippen LogP contribution is 2.35. The van der Waals surface area contributed by atoms with Crippen molar-refractivity contribution in [2.24, 2.45) is 0 Å². The molecule has 1 N–H and O–H groups in total. The van der Waals surface area contributed by atoms with Crippen LogP contribution < -0.4 is 9.64 Å². The van der Waals surface area contributed by atoms with Gasteiger partial charge < -0.3 is 14.5 Å². The Labute approximate surface area is 168 Å². The summed E-state index contributed by atoms with van der Waals surface area (Å²) in [6.45, 7) is 2.71. The van der Waals surface area contributed by atoms with E-state index in [0.29, 0.717) is 37.8 Å². The summed E-state index contributed by atoms with van der Waals surface area (Å²) in [4.78, 5) is 25.8. The van der Waals surface area contributed by atoms with Crippen LogP contribution in [0.25, 0.3) is 11.3 Å². The SMILES string of the molecule is COc1ccc2c(c1)CCc1c-2n[nH]c1C(=O)N1CCN(c2ncccn2)CC1. The molecule has 0 bridgehead atoms. The number of nitrogens with zero attached hydrogens (tertiary/aromatic N) is 5. The minimum Gasteiger partial charge on any atom is -0.497 e. The molecule has 148 valence electrons. The van der Waals surface area contributed by atoms with Crippen LogP contribution in [0.15, 0.2) is 36.7 Å². The second kappa shape index (κ2) is 7.20. The summed E-state index contributed by atoms with van der Waals surface area (Å²) in [6, 6.07) is 7.83. The largest absolute Gasteiger partial charge is 0.497 e. The third-order valence-electron chi connectivity index (χ3n) is 5.69. The molecule has 1 saturated heterocycles. The molecule has 0 spiro atoms. The van der Waals surface area contributed by atoms with Crippen LogP contribution in [0.3, 0.4) is 0 Å². The first-order chi connectivity index (χ1) is 14.2. The number of hydrogen-bond acceptors (Lipinski definition) is 6. The maximum absolute atomic E-state index is 13.2. The van der Waals surface area contributed by atoms with Crippen LogP contribution in [0, 0.1) is 0 Å². The molecule has 0 radical (unpaired) electrons. The number of rotatable bonds is 3.